The molecule has 2 N–H and O–H groups in total. The molecule has 1 aliphatic rings. The van der Waals surface area contributed by atoms with Crippen molar-refractivity contribution in [1.29, 1.82) is 0 Å². The van der Waals surface area contributed by atoms with Crippen LogP contribution in [0, 0.1) is 11.7 Å². The Labute approximate surface area is 144 Å². The second kappa shape index (κ2) is 7.38. The van der Waals surface area contributed by atoms with E-state index in [0.717, 1.165) is 0 Å². The maximum atomic E-state index is 14.2. The summed E-state index contributed by atoms with van der Waals surface area (Å²) in [5, 5.41) is 11.7. The van der Waals surface area contributed by atoms with Gasteiger partial charge < -0.3 is 19.7 Å². The molecule has 25 heavy (non-hydrogen) atoms. The lowest BCUT2D eigenvalue weighted by Crippen LogP contribution is -2.46. The third-order valence-corrected chi connectivity index (χ3v) is 4.35. The Kier molecular flexibility index (Phi) is 5.02. The molecule has 1 saturated heterocycles. The van der Waals surface area contributed by atoms with Crippen molar-refractivity contribution in [3.63, 3.8) is 0 Å². The molecule has 6 nitrogen and oxygen atoms in total. The lowest BCUT2D eigenvalue weighted by Gasteiger charge is -2.30. The van der Waals surface area contributed by atoms with Gasteiger partial charge in [-0.15, -0.1) is 0 Å². The number of amides is 2. The zero-order chi connectivity index (χ0) is 17.8. The number of furan rings is 1. The van der Waals surface area contributed by atoms with E-state index in [9.17, 15) is 14.0 Å². The van der Waals surface area contributed by atoms with Crippen LogP contribution >= 0.6 is 0 Å². The van der Waals surface area contributed by atoms with Crippen LogP contribution in [0.15, 0.2) is 41.0 Å². The van der Waals surface area contributed by atoms with E-state index in [2.05, 4.69) is 5.32 Å². The fraction of sp³-hybridized carbons (Fsp3) is 0.333. The minimum atomic E-state index is -0.892. The van der Waals surface area contributed by atoms with E-state index >= 15 is 0 Å². The molecule has 1 aromatic heterocycles. The molecule has 2 heterocycles. The molecule has 1 aliphatic heterocycles. The smallest absolute Gasteiger partial charge is 0.317 e. The molecule has 132 valence electrons. The second-order valence-corrected chi connectivity index (χ2v) is 6.07. The van der Waals surface area contributed by atoms with Crippen LogP contribution in [0.4, 0.5) is 9.18 Å². The van der Waals surface area contributed by atoms with Gasteiger partial charge in [0, 0.05) is 30.8 Å². The van der Waals surface area contributed by atoms with Crippen molar-refractivity contribution in [3.8, 4) is 11.3 Å². The fourth-order valence-electron chi connectivity index (χ4n) is 2.93. The number of hydrogen-bond acceptors (Lipinski definition) is 3. The van der Waals surface area contributed by atoms with E-state index in [-0.39, 0.29) is 19.1 Å². The van der Waals surface area contributed by atoms with Crippen molar-refractivity contribution >= 4 is 12.0 Å². The summed E-state index contributed by atoms with van der Waals surface area (Å²) in [4.78, 5) is 24.7. The number of carbonyl (C=O) groups excluding carboxylic acids is 1. The van der Waals surface area contributed by atoms with Crippen LogP contribution in [0.2, 0.25) is 0 Å². The van der Waals surface area contributed by atoms with Crippen molar-refractivity contribution < 1.29 is 23.5 Å². The van der Waals surface area contributed by atoms with Crippen LogP contribution in [0.3, 0.4) is 0 Å². The van der Waals surface area contributed by atoms with Crippen molar-refractivity contribution in [2.24, 2.45) is 5.92 Å². The zero-order valence-corrected chi connectivity index (χ0v) is 13.6. The zero-order valence-electron chi connectivity index (χ0n) is 13.6. The number of carbonyl (C=O) groups is 2. The molecule has 1 fully saturated rings. The molecule has 0 bridgehead atoms. The molecule has 1 atom stereocenters. The van der Waals surface area contributed by atoms with Crippen LogP contribution in [-0.2, 0) is 11.3 Å². The van der Waals surface area contributed by atoms with Gasteiger partial charge in [0.15, 0.2) is 0 Å². The minimum absolute atomic E-state index is 0.0390. The van der Waals surface area contributed by atoms with Crippen molar-refractivity contribution in [2.75, 3.05) is 13.1 Å². The quantitative estimate of drug-likeness (QED) is 0.891. The van der Waals surface area contributed by atoms with Gasteiger partial charge in [0.05, 0.1) is 12.2 Å². The first-order valence-corrected chi connectivity index (χ1v) is 8.12. The first-order chi connectivity index (χ1) is 12.0. The Morgan fingerprint density at radius 2 is 2.20 bits per heavy atom. The molecule has 2 amide bonds. The van der Waals surface area contributed by atoms with Gasteiger partial charge in [-0.1, -0.05) is 12.1 Å². The summed E-state index contributed by atoms with van der Waals surface area (Å²) in [5.74, 6) is -1.29. The Morgan fingerprint density at radius 1 is 1.36 bits per heavy atom. The van der Waals surface area contributed by atoms with Gasteiger partial charge in [-0.3, -0.25) is 4.79 Å². The van der Waals surface area contributed by atoms with Crippen molar-refractivity contribution in [2.45, 2.75) is 19.4 Å². The number of halogens is 1. The van der Waals surface area contributed by atoms with Crippen molar-refractivity contribution in [3.05, 3.63) is 48.0 Å². The monoisotopic (exact) mass is 346 g/mol. The number of aliphatic carboxylic acids is 1. The third kappa shape index (κ3) is 3.99. The highest BCUT2D eigenvalue weighted by atomic mass is 19.1. The van der Waals surface area contributed by atoms with Crippen LogP contribution in [0.5, 0.6) is 0 Å². The molecule has 0 aliphatic carbocycles. The van der Waals surface area contributed by atoms with E-state index in [1.807, 2.05) is 0 Å². The number of urea groups is 1. The first kappa shape index (κ1) is 17.0. The van der Waals surface area contributed by atoms with E-state index in [1.165, 1.54) is 17.2 Å². The van der Waals surface area contributed by atoms with Gasteiger partial charge >= 0.3 is 12.0 Å². The molecular formula is C18H19FN2O4. The highest BCUT2D eigenvalue weighted by Gasteiger charge is 2.28. The number of hydrogen-bond donors (Lipinski definition) is 2. The topological polar surface area (TPSA) is 82.8 Å². The van der Waals surface area contributed by atoms with E-state index in [4.69, 9.17) is 9.52 Å². The summed E-state index contributed by atoms with van der Waals surface area (Å²) in [5.41, 5.74) is 0.980. The molecule has 3 rings (SSSR count). The van der Waals surface area contributed by atoms with Gasteiger partial charge in [0.25, 0.3) is 0 Å². The predicted molar refractivity (Wildman–Crippen MR) is 88.3 cm³/mol. The molecular weight excluding hydrogens is 327 g/mol. The Hall–Kier alpha value is -2.83. The summed E-state index contributed by atoms with van der Waals surface area (Å²) >= 11 is 0. The highest BCUT2D eigenvalue weighted by molar-refractivity contribution is 5.76. The molecule has 0 radical (unpaired) electrons. The lowest BCUT2D eigenvalue weighted by atomic mass is 9.99. The van der Waals surface area contributed by atoms with E-state index in [1.54, 1.807) is 24.3 Å². The first-order valence-electron chi connectivity index (χ1n) is 8.12. The van der Waals surface area contributed by atoms with Gasteiger partial charge in [-0.05, 0) is 31.0 Å². The number of nitrogens with one attached hydrogen (secondary N) is 1. The molecule has 1 aromatic carbocycles. The number of nitrogens with zero attached hydrogens (tertiary/aromatic N) is 1. The summed E-state index contributed by atoms with van der Waals surface area (Å²) in [7, 11) is 0. The largest absolute Gasteiger partial charge is 0.481 e. The van der Waals surface area contributed by atoms with Gasteiger partial charge in [0.2, 0.25) is 0 Å². The summed E-state index contributed by atoms with van der Waals surface area (Å²) < 4.78 is 19.4. The molecule has 1 unspecified atom stereocenters. The SMILES string of the molecule is O=C(O)C1CCCN(C(=O)NCc2ccc(-c3ccco3)cc2F)C1. The number of carboxylic acids is 1. The molecule has 0 spiro atoms. The number of rotatable bonds is 4. The average Bonchev–Trinajstić information content (AvgIpc) is 3.15. The molecule has 2 aromatic rings. The minimum Gasteiger partial charge on any atom is -0.481 e. The average molecular weight is 346 g/mol. The normalized spacial score (nSPS) is 17.3. The van der Waals surface area contributed by atoms with Gasteiger partial charge in [-0.2, -0.15) is 0 Å². The predicted octanol–water partition coefficient (Wildman–Crippen LogP) is 3.09. The number of benzene rings is 1. The van der Waals surface area contributed by atoms with E-state index < -0.39 is 17.7 Å². The van der Waals surface area contributed by atoms with Crippen LogP contribution in [-0.4, -0.2) is 35.1 Å². The third-order valence-electron chi connectivity index (χ3n) is 4.35. The van der Waals surface area contributed by atoms with Crippen molar-refractivity contribution in [1.82, 2.24) is 10.2 Å². The Morgan fingerprint density at radius 3 is 2.88 bits per heavy atom. The van der Waals surface area contributed by atoms with Gasteiger partial charge in [0.1, 0.15) is 11.6 Å². The fourth-order valence-corrected chi connectivity index (χ4v) is 2.93. The summed E-state index contributed by atoms with van der Waals surface area (Å²) in [6.07, 6.45) is 2.74. The maximum absolute atomic E-state index is 14.2. The van der Waals surface area contributed by atoms with Crippen LogP contribution in [0.1, 0.15) is 18.4 Å². The second-order valence-electron chi connectivity index (χ2n) is 6.07. The summed E-state index contributed by atoms with van der Waals surface area (Å²) in [6.45, 7) is 0.730. The highest BCUT2D eigenvalue weighted by Crippen LogP contribution is 2.22. The van der Waals surface area contributed by atoms with Crippen LogP contribution in [0.25, 0.3) is 11.3 Å². The van der Waals surface area contributed by atoms with E-state index in [0.29, 0.717) is 36.3 Å². The van der Waals surface area contributed by atoms with Crippen LogP contribution < -0.4 is 5.32 Å². The lowest BCUT2D eigenvalue weighted by molar-refractivity contribution is -0.143. The Bertz CT molecular complexity index is 760. The maximum Gasteiger partial charge on any atom is 0.317 e. The standard InChI is InChI=1S/C18H19FN2O4/c19-15-9-12(16-4-2-8-25-16)5-6-13(15)10-20-18(24)21-7-1-3-14(11-21)17(22)23/h2,4-6,8-9,14H,1,3,7,10-11H2,(H,20,24)(H,22,23). The molecule has 7 heteroatoms. The number of piperidine rings is 1. The Balaban J connectivity index is 1.59. The van der Waals surface area contributed by atoms with Gasteiger partial charge in [-0.25, -0.2) is 9.18 Å². The number of likely N-dealkylation sites (tertiary alicyclic amines) is 1. The molecule has 0 saturated carbocycles. The summed E-state index contributed by atoms with van der Waals surface area (Å²) in [6, 6.07) is 7.78. The number of carboxylic acid groups (broad SMARTS) is 1.